The maximum absolute atomic E-state index is 5.70. The number of hydrogen-bond donors (Lipinski definition) is 0. The van der Waals surface area contributed by atoms with E-state index in [9.17, 15) is 0 Å². The number of aromatic nitrogens is 2. The maximum atomic E-state index is 5.70. The SMILES string of the molecule is CCN1CCN(c2ncc(CCl)cn2)CC1. The van der Waals surface area contributed by atoms with Gasteiger partial charge in [-0.15, -0.1) is 11.6 Å². The standard InChI is InChI=1S/C11H17ClN4/c1-2-15-3-5-16(6-4-15)11-13-8-10(7-12)9-14-11/h8-9H,2-7H2,1H3. The molecule has 2 rings (SSSR count). The van der Waals surface area contributed by atoms with Crippen molar-refractivity contribution >= 4 is 17.5 Å². The molecule has 88 valence electrons. The number of alkyl halides is 1. The summed E-state index contributed by atoms with van der Waals surface area (Å²) in [6.07, 6.45) is 3.61. The van der Waals surface area contributed by atoms with E-state index in [1.165, 1.54) is 0 Å². The molecule has 1 saturated heterocycles. The number of anilines is 1. The van der Waals surface area contributed by atoms with Crippen molar-refractivity contribution in [3.63, 3.8) is 0 Å². The van der Waals surface area contributed by atoms with Crippen LogP contribution in [0, 0.1) is 0 Å². The van der Waals surface area contributed by atoms with Crippen LogP contribution >= 0.6 is 11.6 Å². The molecule has 16 heavy (non-hydrogen) atoms. The van der Waals surface area contributed by atoms with E-state index in [1.807, 2.05) is 12.4 Å². The zero-order valence-corrected chi connectivity index (χ0v) is 10.3. The molecule has 0 aliphatic carbocycles. The fourth-order valence-corrected chi connectivity index (χ4v) is 1.98. The first-order valence-electron chi connectivity index (χ1n) is 5.67. The minimum atomic E-state index is 0.476. The molecule has 0 saturated carbocycles. The minimum Gasteiger partial charge on any atom is -0.338 e. The monoisotopic (exact) mass is 240 g/mol. The molecule has 1 aromatic rings. The molecule has 1 aliphatic rings. The maximum Gasteiger partial charge on any atom is 0.225 e. The lowest BCUT2D eigenvalue weighted by molar-refractivity contribution is 0.270. The van der Waals surface area contributed by atoms with Crippen LogP contribution in [0.2, 0.25) is 0 Å². The lowest BCUT2D eigenvalue weighted by atomic mass is 10.3. The summed E-state index contributed by atoms with van der Waals surface area (Å²) in [5.41, 5.74) is 0.970. The van der Waals surface area contributed by atoms with Crippen molar-refractivity contribution in [3.05, 3.63) is 18.0 Å². The molecule has 0 amide bonds. The van der Waals surface area contributed by atoms with Crippen molar-refractivity contribution in [2.75, 3.05) is 37.6 Å². The van der Waals surface area contributed by atoms with Crippen LogP contribution in [-0.4, -0.2) is 47.6 Å². The Kier molecular flexibility index (Phi) is 3.96. The van der Waals surface area contributed by atoms with E-state index in [2.05, 4.69) is 26.7 Å². The number of nitrogens with zero attached hydrogens (tertiary/aromatic N) is 4. The van der Waals surface area contributed by atoms with E-state index in [0.717, 1.165) is 44.2 Å². The lowest BCUT2D eigenvalue weighted by Gasteiger charge is -2.33. The van der Waals surface area contributed by atoms with Gasteiger partial charge in [-0.25, -0.2) is 9.97 Å². The first kappa shape index (κ1) is 11.6. The zero-order valence-electron chi connectivity index (χ0n) is 9.56. The van der Waals surface area contributed by atoms with Gasteiger partial charge in [0.1, 0.15) is 0 Å². The summed E-state index contributed by atoms with van der Waals surface area (Å²) in [5.74, 6) is 1.30. The predicted octanol–water partition coefficient (Wildman–Crippen LogP) is 1.36. The highest BCUT2D eigenvalue weighted by Crippen LogP contribution is 2.11. The van der Waals surface area contributed by atoms with Crippen LogP contribution in [0.1, 0.15) is 12.5 Å². The molecule has 0 spiro atoms. The second-order valence-corrected chi connectivity index (χ2v) is 4.21. The van der Waals surface area contributed by atoms with E-state index < -0.39 is 0 Å². The van der Waals surface area contributed by atoms with Crippen molar-refractivity contribution in [3.8, 4) is 0 Å². The average Bonchev–Trinajstić information content (AvgIpc) is 2.39. The third-order valence-corrected chi connectivity index (χ3v) is 3.26. The average molecular weight is 241 g/mol. The summed E-state index contributed by atoms with van der Waals surface area (Å²) in [4.78, 5) is 13.3. The minimum absolute atomic E-state index is 0.476. The van der Waals surface area contributed by atoms with Gasteiger partial charge < -0.3 is 9.80 Å². The van der Waals surface area contributed by atoms with Gasteiger partial charge in [0.25, 0.3) is 0 Å². The number of halogens is 1. The van der Waals surface area contributed by atoms with Gasteiger partial charge in [-0.2, -0.15) is 0 Å². The van der Waals surface area contributed by atoms with Gasteiger partial charge in [-0.3, -0.25) is 0 Å². The van der Waals surface area contributed by atoms with Crippen molar-refractivity contribution < 1.29 is 0 Å². The third-order valence-electron chi connectivity index (χ3n) is 2.95. The van der Waals surface area contributed by atoms with Gasteiger partial charge in [0.2, 0.25) is 5.95 Å². The number of piperazine rings is 1. The molecule has 1 aliphatic heterocycles. The Morgan fingerprint density at radius 2 is 1.81 bits per heavy atom. The van der Waals surface area contributed by atoms with Crippen LogP contribution in [-0.2, 0) is 5.88 Å². The Balaban J connectivity index is 1.97. The van der Waals surface area contributed by atoms with Gasteiger partial charge in [0.15, 0.2) is 0 Å². The number of likely N-dealkylation sites (N-methyl/N-ethyl adjacent to an activating group) is 1. The molecule has 4 nitrogen and oxygen atoms in total. The largest absolute Gasteiger partial charge is 0.338 e. The molecule has 0 atom stereocenters. The highest BCUT2D eigenvalue weighted by atomic mass is 35.5. The summed E-state index contributed by atoms with van der Waals surface area (Å²) in [6.45, 7) is 7.53. The Hall–Kier alpha value is -0.870. The van der Waals surface area contributed by atoms with Gasteiger partial charge in [0.05, 0.1) is 5.88 Å². The van der Waals surface area contributed by atoms with E-state index in [0.29, 0.717) is 5.88 Å². The van der Waals surface area contributed by atoms with Gasteiger partial charge in [0, 0.05) is 44.1 Å². The van der Waals surface area contributed by atoms with Crippen molar-refractivity contribution in [2.24, 2.45) is 0 Å². The summed E-state index contributed by atoms with van der Waals surface area (Å²) >= 11 is 5.70. The van der Waals surface area contributed by atoms with E-state index in [4.69, 9.17) is 11.6 Å². The highest BCUT2D eigenvalue weighted by Gasteiger charge is 2.17. The Bertz CT molecular complexity index is 319. The van der Waals surface area contributed by atoms with Gasteiger partial charge in [-0.1, -0.05) is 6.92 Å². The van der Waals surface area contributed by atoms with E-state index in [1.54, 1.807) is 0 Å². The molecule has 5 heteroatoms. The topological polar surface area (TPSA) is 32.3 Å². The molecule has 0 unspecified atom stereocenters. The predicted molar refractivity (Wildman–Crippen MR) is 65.9 cm³/mol. The zero-order chi connectivity index (χ0) is 11.4. The second-order valence-electron chi connectivity index (χ2n) is 3.95. The van der Waals surface area contributed by atoms with Crippen molar-refractivity contribution in [1.29, 1.82) is 0 Å². The van der Waals surface area contributed by atoms with Crippen LogP contribution in [0.5, 0.6) is 0 Å². The van der Waals surface area contributed by atoms with E-state index in [-0.39, 0.29) is 0 Å². The molecular weight excluding hydrogens is 224 g/mol. The molecule has 0 radical (unpaired) electrons. The summed E-state index contributed by atoms with van der Waals surface area (Å²) in [5, 5.41) is 0. The molecule has 0 N–H and O–H groups in total. The highest BCUT2D eigenvalue weighted by molar-refractivity contribution is 6.17. The lowest BCUT2D eigenvalue weighted by Crippen LogP contribution is -2.46. The van der Waals surface area contributed by atoms with Crippen LogP contribution in [0.3, 0.4) is 0 Å². The summed E-state index contributed by atoms with van der Waals surface area (Å²) < 4.78 is 0. The molecule has 1 aromatic heterocycles. The van der Waals surface area contributed by atoms with Gasteiger partial charge >= 0.3 is 0 Å². The Labute approximate surface area is 101 Å². The second kappa shape index (κ2) is 5.46. The number of hydrogen-bond acceptors (Lipinski definition) is 4. The smallest absolute Gasteiger partial charge is 0.225 e. The Morgan fingerprint density at radius 3 is 2.31 bits per heavy atom. The first-order valence-corrected chi connectivity index (χ1v) is 6.21. The molecule has 1 fully saturated rings. The quantitative estimate of drug-likeness (QED) is 0.747. The summed E-state index contributed by atoms with van der Waals surface area (Å²) in [7, 11) is 0. The van der Waals surface area contributed by atoms with Crippen LogP contribution in [0.25, 0.3) is 0 Å². The van der Waals surface area contributed by atoms with Crippen LogP contribution in [0.15, 0.2) is 12.4 Å². The van der Waals surface area contributed by atoms with Crippen molar-refractivity contribution in [1.82, 2.24) is 14.9 Å². The third kappa shape index (κ3) is 2.62. The molecular formula is C11H17ClN4. The van der Waals surface area contributed by atoms with Gasteiger partial charge in [-0.05, 0) is 6.54 Å². The molecule has 2 heterocycles. The normalized spacial score (nSPS) is 17.8. The van der Waals surface area contributed by atoms with E-state index >= 15 is 0 Å². The first-order chi connectivity index (χ1) is 7.83. The van der Waals surface area contributed by atoms with Crippen molar-refractivity contribution in [2.45, 2.75) is 12.8 Å². The van der Waals surface area contributed by atoms with Crippen LogP contribution in [0.4, 0.5) is 5.95 Å². The summed E-state index contributed by atoms with van der Waals surface area (Å²) in [6, 6.07) is 0. The fraction of sp³-hybridized carbons (Fsp3) is 0.636. The number of rotatable bonds is 3. The Morgan fingerprint density at radius 1 is 1.19 bits per heavy atom. The fourth-order valence-electron chi connectivity index (χ4n) is 1.84. The molecule has 0 aromatic carbocycles. The molecule has 0 bridgehead atoms. The van der Waals surface area contributed by atoms with Crippen LogP contribution < -0.4 is 4.90 Å².